The van der Waals surface area contributed by atoms with E-state index < -0.39 is 0 Å². The highest BCUT2D eigenvalue weighted by Gasteiger charge is 2.37. The maximum Gasteiger partial charge on any atom is 0.227 e. The molecule has 1 N–H and O–H groups in total. The number of nitrogens with one attached hydrogen (secondary N) is 1. The number of benzene rings is 1. The Kier molecular flexibility index (Phi) is 4.79. The van der Waals surface area contributed by atoms with Gasteiger partial charge in [-0.05, 0) is 43.4 Å². The van der Waals surface area contributed by atoms with Gasteiger partial charge in [-0.2, -0.15) is 0 Å². The van der Waals surface area contributed by atoms with E-state index in [9.17, 15) is 4.79 Å². The Labute approximate surface area is 139 Å². The van der Waals surface area contributed by atoms with E-state index in [1.807, 2.05) is 31.2 Å². The lowest BCUT2D eigenvalue weighted by atomic mass is 9.93. The maximum absolute atomic E-state index is 12.5. The van der Waals surface area contributed by atoms with Gasteiger partial charge in [0.1, 0.15) is 0 Å². The summed E-state index contributed by atoms with van der Waals surface area (Å²) in [5.74, 6) is 0.550. The molecule has 1 atom stereocenters. The molecule has 1 fully saturated rings. The van der Waals surface area contributed by atoms with Crippen LogP contribution in [0, 0.1) is 12.8 Å². The van der Waals surface area contributed by atoms with Gasteiger partial charge in [-0.25, -0.2) is 4.98 Å². The second-order valence-corrected chi connectivity index (χ2v) is 7.26. The van der Waals surface area contributed by atoms with Gasteiger partial charge in [0.25, 0.3) is 0 Å². The van der Waals surface area contributed by atoms with E-state index >= 15 is 0 Å². The Morgan fingerprint density at radius 3 is 2.73 bits per heavy atom. The number of hydrogen-bond acceptors (Lipinski definition) is 3. The second-order valence-electron chi connectivity index (χ2n) is 5.77. The first kappa shape index (κ1) is 15.5. The van der Waals surface area contributed by atoms with Gasteiger partial charge in [-0.1, -0.05) is 23.7 Å². The van der Waals surface area contributed by atoms with E-state index in [-0.39, 0.29) is 11.8 Å². The molecule has 0 spiro atoms. The summed E-state index contributed by atoms with van der Waals surface area (Å²) >= 11 is 7.58. The fourth-order valence-electron chi connectivity index (χ4n) is 2.68. The van der Waals surface area contributed by atoms with Crippen molar-refractivity contribution >= 4 is 28.8 Å². The van der Waals surface area contributed by atoms with Gasteiger partial charge in [-0.15, -0.1) is 11.3 Å². The van der Waals surface area contributed by atoms with Crippen molar-refractivity contribution in [3.05, 3.63) is 50.9 Å². The van der Waals surface area contributed by atoms with Crippen molar-refractivity contribution in [3.8, 4) is 0 Å². The summed E-state index contributed by atoms with van der Waals surface area (Å²) in [6.07, 6.45) is 3.05. The molecule has 0 bridgehead atoms. The Balaban J connectivity index is 1.59. The van der Waals surface area contributed by atoms with E-state index in [0.29, 0.717) is 17.5 Å². The fourth-order valence-corrected chi connectivity index (χ4v) is 3.46. The molecule has 3 rings (SSSR count). The highest BCUT2D eigenvalue weighted by atomic mass is 35.5. The first-order valence-corrected chi connectivity index (χ1v) is 8.83. The third kappa shape index (κ3) is 3.87. The molecule has 1 aromatic carbocycles. The standard InChI is InChI=1S/C17H19ClN2OS/c1-11-20-15(10-22-11)8-9-19-17(21)16(12-2-3-12)13-4-6-14(18)7-5-13/h4-7,10,12,16H,2-3,8-9H2,1H3,(H,19,21). The zero-order valence-corrected chi connectivity index (χ0v) is 14.1. The van der Waals surface area contributed by atoms with Gasteiger partial charge in [0.05, 0.1) is 16.6 Å². The molecule has 3 nitrogen and oxygen atoms in total. The molecule has 1 amide bonds. The number of nitrogens with zero attached hydrogens (tertiary/aromatic N) is 1. The van der Waals surface area contributed by atoms with Gasteiger partial charge < -0.3 is 5.32 Å². The molecular weight excluding hydrogens is 316 g/mol. The predicted octanol–water partition coefficient (Wildman–Crippen LogP) is 3.96. The average molecular weight is 335 g/mol. The van der Waals surface area contributed by atoms with Gasteiger partial charge in [0.15, 0.2) is 0 Å². The number of aryl methyl sites for hydroxylation is 1. The molecule has 1 aliphatic carbocycles. The minimum Gasteiger partial charge on any atom is -0.355 e. The van der Waals surface area contributed by atoms with E-state index in [1.54, 1.807) is 11.3 Å². The molecule has 1 saturated carbocycles. The number of carbonyl (C=O) groups excluding carboxylic acids is 1. The lowest BCUT2D eigenvalue weighted by Gasteiger charge is -2.16. The highest BCUT2D eigenvalue weighted by molar-refractivity contribution is 7.09. The van der Waals surface area contributed by atoms with Crippen molar-refractivity contribution in [1.82, 2.24) is 10.3 Å². The van der Waals surface area contributed by atoms with Crippen molar-refractivity contribution in [1.29, 1.82) is 0 Å². The number of thiazole rings is 1. The molecule has 116 valence electrons. The van der Waals surface area contributed by atoms with Crippen LogP contribution in [0.3, 0.4) is 0 Å². The smallest absolute Gasteiger partial charge is 0.227 e. The number of hydrogen-bond donors (Lipinski definition) is 1. The van der Waals surface area contributed by atoms with Crippen LogP contribution in [-0.4, -0.2) is 17.4 Å². The summed E-state index contributed by atoms with van der Waals surface area (Å²) in [5, 5.41) is 6.90. The van der Waals surface area contributed by atoms with Gasteiger partial charge in [-0.3, -0.25) is 4.79 Å². The largest absolute Gasteiger partial charge is 0.355 e. The molecule has 0 radical (unpaired) electrons. The van der Waals surface area contributed by atoms with Crippen molar-refractivity contribution < 1.29 is 4.79 Å². The molecule has 1 aromatic heterocycles. The molecule has 22 heavy (non-hydrogen) atoms. The summed E-state index contributed by atoms with van der Waals surface area (Å²) in [5.41, 5.74) is 2.12. The van der Waals surface area contributed by atoms with Crippen LogP contribution in [0.15, 0.2) is 29.6 Å². The minimum absolute atomic E-state index is 0.0468. The Bertz CT molecular complexity index is 649. The van der Waals surface area contributed by atoms with Crippen LogP contribution in [0.1, 0.15) is 35.0 Å². The number of rotatable bonds is 6. The molecule has 1 heterocycles. The van der Waals surface area contributed by atoms with Crippen LogP contribution < -0.4 is 5.32 Å². The van der Waals surface area contributed by atoms with E-state index in [4.69, 9.17) is 11.6 Å². The first-order chi connectivity index (χ1) is 10.6. The number of carbonyl (C=O) groups is 1. The highest BCUT2D eigenvalue weighted by Crippen LogP contribution is 2.42. The third-order valence-electron chi connectivity index (χ3n) is 3.95. The van der Waals surface area contributed by atoms with Crippen LogP contribution in [0.2, 0.25) is 5.02 Å². The van der Waals surface area contributed by atoms with Crippen LogP contribution in [0.5, 0.6) is 0 Å². The summed E-state index contributed by atoms with van der Waals surface area (Å²) in [6.45, 7) is 2.63. The van der Waals surface area contributed by atoms with Gasteiger partial charge in [0, 0.05) is 23.4 Å². The Hall–Kier alpha value is -1.39. The van der Waals surface area contributed by atoms with Gasteiger partial charge in [0.2, 0.25) is 5.91 Å². The summed E-state index contributed by atoms with van der Waals surface area (Å²) in [7, 11) is 0. The summed E-state index contributed by atoms with van der Waals surface area (Å²) in [4.78, 5) is 17.0. The summed E-state index contributed by atoms with van der Waals surface area (Å²) in [6, 6.07) is 7.65. The quantitative estimate of drug-likeness (QED) is 0.868. The van der Waals surface area contributed by atoms with E-state index in [1.165, 1.54) is 0 Å². The lowest BCUT2D eigenvalue weighted by Crippen LogP contribution is -2.32. The topological polar surface area (TPSA) is 42.0 Å². The zero-order valence-electron chi connectivity index (χ0n) is 12.5. The average Bonchev–Trinajstić information content (AvgIpc) is 3.24. The van der Waals surface area contributed by atoms with E-state index in [2.05, 4.69) is 15.7 Å². The van der Waals surface area contributed by atoms with Crippen molar-refractivity contribution in [2.45, 2.75) is 32.1 Å². The SMILES string of the molecule is Cc1nc(CCNC(=O)C(c2ccc(Cl)cc2)C2CC2)cs1. The Morgan fingerprint density at radius 2 is 2.14 bits per heavy atom. The van der Waals surface area contributed by atoms with Gasteiger partial charge >= 0.3 is 0 Å². The summed E-state index contributed by atoms with van der Waals surface area (Å²) < 4.78 is 0. The number of amides is 1. The number of halogens is 1. The molecule has 0 saturated heterocycles. The lowest BCUT2D eigenvalue weighted by molar-refractivity contribution is -0.123. The van der Waals surface area contributed by atoms with Crippen molar-refractivity contribution in [2.75, 3.05) is 6.54 Å². The molecule has 1 aliphatic rings. The maximum atomic E-state index is 12.5. The first-order valence-electron chi connectivity index (χ1n) is 7.57. The predicted molar refractivity (Wildman–Crippen MR) is 90.5 cm³/mol. The van der Waals surface area contributed by atoms with Crippen molar-refractivity contribution in [3.63, 3.8) is 0 Å². The van der Waals surface area contributed by atoms with E-state index in [0.717, 1.165) is 35.5 Å². The molecular formula is C17H19ClN2OS. The second kappa shape index (κ2) is 6.80. The fraction of sp³-hybridized carbons (Fsp3) is 0.412. The normalized spacial score (nSPS) is 15.5. The monoisotopic (exact) mass is 334 g/mol. The number of aromatic nitrogens is 1. The Morgan fingerprint density at radius 1 is 1.41 bits per heavy atom. The van der Waals surface area contributed by atoms with Crippen LogP contribution in [-0.2, 0) is 11.2 Å². The zero-order chi connectivity index (χ0) is 15.5. The van der Waals surface area contributed by atoms with Crippen LogP contribution in [0.25, 0.3) is 0 Å². The van der Waals surface area contributed by atoms with Crippen LogP contribution >= 0.6 is 22.9 Å². The van der Waals surface area contributed by atoms with Crippen LogP contribution in [0.4, 0.5) is 0 Å². The molecule has 5 heteroatoms. The minimum atomic E-state index is -0.0468. The molecule has 2 aromatic rings. The third-order valence-corrected chi connectivity index (χ3v) is 5.03. The van der Waals surface area contributed by atoms with Crippen molar-refractivity contribution in [2.24, 2.45) is 5.92 Å². The molecule has 0 aliphatic heterocycles. The molecule has 1 unspecified atom stereocenters.